The first-order valence-corrected chi connectivity index (χ1v) is 7.39. The second-order valence-electron chi connectivity index (χ2n) is 3.64. The maximum absolute atomic E-state index is 5.93. The number of thiophene rings is 1. The molecule has 0 spiro atoms. The first-order valence-electron chi connectivity index (χ1n) is 4.99. The second-order valence-corrected chi connectivity index (χ2v) is 7.10. The Morgan fingerprint density at radius 3 is 2.65 bits per heavy atom. The fourth-order valence-electron chi connectivity index (χ4n) is 1.53. The quantitative estimate of drug-likeness (QED) is 0.785. The molecule has 2 aromatic rings. The molecular formula is C12H11Br2NOS. The Kier molecular flexibility index (Phi) is 4.12. The van der Waals surface area contributed by atoms with Crippen molar-refractivity contribution in [1.29, 1.82) is 0 Å². The molecule has 0 aliphatic heterocycles. The Balaban J connectivity index is 2.14. The summed E-state index contributed by atoms with van der Waals surface area (Å²) >= 11 is 8.50. The van der Waals surface area contributed by atoms with Crippen LogP contribution in [0, 0.1) is 6.92 Å². The third-order valence-corrected chi connectivity index (χ3v) is 4.31. The fourth-order valence-corrected chi connectivity index (χ4v) is 3.51. The molecule has 0 saturated heterocycles. The molecule has 5 heteroatoms. The van der Waals surface area contributed by atoms with E-state index < -0.39 is 0 Å². The zero-order valence-electron chi connectivity index (χ0n) is 9.17. The topological polar surface area (TPSA) is 35.2 Å². The van der Waals surface area contributed by atoms with Gasteiger partial charge >= 0.3 is 0 Å². The van der Waals surface area contributed by atoms with Gasteiger partial charge in [0.15, 0.2) is 0 Å². The van der Waals surface area contributed by atoms with Crippen LogP contribution in [0.2, 0.25) is 0 Å². The van der Waals surface area contributed by atoms with Gasteiger partial charge in [0.25, 0.3) is 0 Å². The number of halogens is 2. The summed E-state index contributed by atoms with van der Waals surface area (Å²) in [6, 6.07) is 7.91. The van der Waals surface area contributed by atoms with Crippen molar-refractivity contribution in [3.8, 4) is 5.75 Å². The van der Waals surface area contributed by atoms with Crippen molar-refractivity contribution < 1.29 is 4.74 Å². The molecule has 90 valence electrons. The Morgan fingerprint density at radius 2 is 2.06 bits per heavy atom. The lowest BCUT2D eigenvalue weighted by Crippen LogP contribution is -1.99. The minimum Gasteiger partial charge on any atom is -0.486 e. The molecule has 2 nitrogen and oxygen atoms in total. The van der Waals surface area contributed by atoms with Crippen molar-refractivity contribution in [2.45, 2.75) is 13.5 Å². The molecule has 17 heavy (non-hydrogen) atoms. The molecule has 1 aromatic heterocycles. The first-order chi connectivity index (χ1) is 8.06. The van der Waals surface area contributed by atoms with Gasteiger partial charge in [0.2, 0.25) is 0 Å². The highest BCUT2D eigenvalue weighted by Crippen LogP contribution is 2.31. The van der Waals surface area contributed by atoms with Gasteiger partial charge in [-0.2, -0.15) is 0 Å². The Labute approximate surface area is 121 Å². The van der Waals surface area contributed by atoms with Gasteiger partial charge in [-0.3, -0.25) is 0 Å². The minimum atomic E-state index is 0.545. The smallest absolute Gasteiger partial charge is 0.145 e. The number of anilines is 1. The van der Waals surface area contributed by atoms with E-state index in [1.165, 1.54) is 4.88 Å². The molecule has 2 rings (SSSR count). The number of aryl methyl sites for hydroxylation is 1. The van der Waals surface area contributed by atoms with Gasteiger partial charge in [-0.25, -0.2) is 0 Å². The highest BCUT2D eigenvalue weighted by Gasteiger charge is 2.07. The monoisotopic (exact) mass is 375 g/mol. The summed E-state index contributed by atoms with van der Waals surface area (Å²) in [7, 11) is 0. The van der Waals surface area contributed by atoms with Gasteiger partial charge < -0.3 is 10.5 Å². The molecule has 0 aliphatic rings. The molecule has 0 aliphatic carbocycles. The van der Waals surface area contributed by atoms with Crippen molar-refractivity contribution >= 4 is 48.9 Å². The summed E-state index contributed by atoms with van der Waals surface area (Å²) in [5, 5.41) is 0. The average Bonchev–Trinajstić information content (AvgIpc) is 2.62. The van der Waals surface area contributed by atoms with Gasteiger partial charge in [-0.05, 0) is 52.7 Å². The summed E-state index contributed by atoms with van der Waals surface area (Å²) in [5.41, 5.74) is 7.63. The zero-order chi connectivity index (χ0) is 12.4. The molecule has 0 amide bonds. The largest absolute Gasteiger partial charge is 0.486 e. The molecule has 0 fully saturated rings. The highest BCUT2D eigenvalue weighted by atomic mass is 79.9. The van der Waals surface area contributed by atoms with Gasteiger partial charge in [0.1, 0.15) is 12.4 Å². The summed E-state index contributed by atoms with van der Waals surface area (Å²) < 4.78 is 7.84. The second kappa shape index (κ2) is 5.42. The maximum Gasteiger partial charge on any atom is 0.145 e. The van der Waals surface area contributed by atoms with E-state index in [0.717, 1.165) is 19.6 Å². The SMILES string of the molecule is Cc1cc(Br)cc(N)c1OCc1ccc(Br)s1. The van der Waals surface area contributed by atoms with Crippen LogP contribution in [-0.2, 0) is 6.61 Å². The lowest BCUT2D eigenvalue weighted by molar-refractivity contribution is 0.309. The third kappa shape index (κ3) is 3.24. The van der Waals surface area contributed by atoms with Crippen LogP contribution >= 0.6 is 43.2 Å². The Hall–Kier alpha value is -0.520. The van der Waals surface area contributed by atoms with Crippen molar-refractivity contribution in [2.75, 3.05) is 5.73 Å². The standard InChI is InChI=1S/C12H11Br2NOS/c1-7-4-8(13)5-10(15)12(7)16-6-9-2-3-11(14)17-9/h2-5H,6,15H2,1H3. The lowest BCUT2D eigenvalue weighted by atomic mass is 10.2. The number of nitrogen functional groups attached to an aromatic ring is 1. The van der Waals surface area contributed by atoms with Crippen LogP contribution in [0.4, 0.5) is 5.69 Å². The van der Waals surface area contributed by atoms with E-state index in [-0.39, 0.29) is 0 Å². The normalized spacial score (nSPS) is 10.5. The summed E-state index contributed by atoms with van der Waals surface area (Å²) in [6.45, 7) is 2.53. The number of nitrogens with two attached hydrogens (primary N) is 1. The number of hydrogen-bond donors (Lipinski definition) is 1. The molecular weight excluding hydrogens is 366 g/mol. The van der Waals surface area contributed by atoms with E-state index >= 15 is 0 Å². The van der Waals surface area contributed by atoms with Gasteiger partial charge in [-0.15, -0.1) is 11.3 Å². The van der Waals surface area contributed by atoms with Gasteiger partial charge in [-0.1, -0.05) is 15.9 Å². The van der Waals surface area contributed by atoms with E-state index in [9.17, 15) is 0 Å². The number of hydrogen-bond acceptors (Lipinski definition) is 3. The minimum absolute atomic E-state index is 0.545. The lowest BCUT2D eigenvalue weighted by Gasteiger charge is -2.11. The number of rotatable bonds is 3. The van der Waals surface area contributed by atoms with Crippen LogP contribution in [0.25, 0.3) is 0 Å². The van der Waals surface area contributed by atoms with Crippen LogP contribution in [0.5, 0.6) is 5.75 Å². The van der Waals surface area contributed by atoms with Crippen molar-refractivity contribution in [2.24, 2.45) is 0 Å². The van der Waals surface area contributed by atoms with Crippen molar-refractivity contribution in [3.05, 3.63) is 43.0 Å². The molecule has 0 bridgehead atoms. The predicted molar refractivity (Wildman–Crippen MR) is 79.6 cm³/mol. The molecule has 0 unspecified atom stereocenters. The molecule has 0 atom stereocenters. The summed E-state index contributed by atoms with van der Waals surface area (Å²) in [6.07, 6.45) is 0. The van der Waals surface area contributed by atoms with E-state index in [1.54, 1.807) is 11.3 Å². The average molecular weight is 377 g/mol. The van der Waals surface area contributed by atoms with E-state index in [0.29, 0.717) is 12.3 Å². The molecule has 1 heterocycles. The maximum atomic E-state index is 5.93. The van der Waals surface area contributed by atoms with E-state index in [4.69, 9.17) is 10.5 Å². The molecule has 1 aromatic carbocycles. The summed E-state index contributed by atoms with van der Waals surface area (Å²) in [5.74, 6) is 0.762. The fraction of sp³-hybridized carbons (Fsp3) is 0.167. The molecule has 0 radical (unpaired) electrons. The highest BCUT2D eigenvalue weighted by molar-refractivity contribution is 9.11. The third-order valence-electron chi connectivity index (χ3n) is 2.26. The van der Waals surface area contributed by atoms with Crippen LogP contribution < -0.4 is 10.5 Å². The van der Waals surface area contributed by atoms with E-state index in [1.807, 2.05) is 31.2 Å². The van der Waals surface area contributed by atoms with Crippen LogP contribution in [-0.4, -0.2) is 0 Å². The van der Waals surface area contributed by atoms with Gasteiger partial charge in [0, 0.05) is 9.35 Å². The van der Waals surface area contributed by atoms with Crippen LogP contribution in [0.3, 0.4) is 0 Å². The Morgan fingerprint density at radius 1 is 1.29 bits per heavy atom. The zero-order valence-corrected chi connectivity index (χ0v) is 13.2. The van der Waals surface area contributed by atoms with Crippen molar-refractivity contribution in [1.82, 2.24) is 0 Å². The van der Waals surface area contributed by atoms with E-state index in [2.05, 4.69) is 31.9 Å². The van der Waals surface area contributed by atoms with Crippen LogP contribution in [0.15, 0.2) is 32.5 Å². The number of ether oxygens (including phenoxy) is 1. The van der Waals surface area contributed by atoms with Gasteiger partial charge in [0.05, 0.1) is 9.47 Å². The number of benzene rings is 1. The first kappa shape index (κ1) is 12.9. The molecule has 0 saturated carbocycles. The van der Waals surface area contributed by atoms with Crippen LogP contribution in [0.1, 0.15) is 10.4 Å². The van der Waals surface area contributed by atoms with Crippen molar-refractivity contribution in [3.63, 3.8) is 0 Å². The molecule has 2 N–H and O–H groups in total. The summed E-state index contributed by atoms with van der Waals surface area (Å²) in [4.78, 5) is 1.17. The predicted octanol–water partition coefficient (Wildman–Crippen LogP) is 4.74. The Bertz CT molecular complexity index is 516.